The lowest BCUT2D eigenvalue weighted by Gasteiger charge is -2.43. The molecule has 0 spiro atoms. The Kier molecular flexibility index (Phi) is 10.3. The lowest BCUT2D eigenvalue weighted by molar-refractivity contribution is -0.142. The largest absolute Gasteiger partial charge is 0.482 e. The van der Waals surface area contributed by atoms with Crippen LogP contribution in [0.5, 0.6) is 5.75 Å². The topological polar surface area (TPSA) is 80.3 Å². The third kappa shape index (κ3) is 8.62. The Balaban J connectivity index is 1.35. The SMILES string of the molecule is COC(=O)COc1ccc(N2CCC(C(NCc3ccccc3)C3CCN(C(=O)OC(C)(C)C)CC3)CC2)cc1. The number of hydrogen-bond acceptors (Lipinski definition) is 7. The second-order valence-corrected chi connectivity index (χ2v) is 11.9. The van der Waals surface area contributed by atoms with E-state index in [4.69, 9.17) is 9.47 Å². The molecule has 2 aromatic rings. The number of amides is 1. The van der Waals surface area contributed by atoms with E-state index in [9.17, 15) is 9.59 Å². The summed E-state index contributed by atoms with van der Waals surface area (Å²) in [4.78, 5) is 28.3. The molecule has 0 radical (unpaired) electrons. The number of nitrogens with zero attached hydrogens (tertiary/aromatic N) is 2. The number of anilines is 1. The Morgan fingerprint density at radius 2 is 1.50 bits per heavy atom. The van der Waals surface area contributed by atoms with Crippen LogP contribution in [-0.2, 0) is 20.8 Å². The second kappa shape index (κ2) is 13.9. The van der Waals surface area contributed by atoms with Crippen molar-refractivity contribution in [2.75, 3.05) is 44.8 Å². The molecule has 0 aromatic heterocycles. The first kappa shape index (κ1) is 29.7. The second-order valence-electron chi connectivity index (χ2n) is 11.9. The van der Waals surface area contributed by atoms with Gasteiger partial charge in [-0.15, -0.1) is 0 Å². The van der Waals surface area contributed by atoms with Gasteiger partial charge in [0, 0.05) is 44.5 Å². The minimum atomic E-state index is -0.474. The average molecular weight is 552 g/mol. The molecule has 0 aliphatic carbocycles. The van der Waals surface area contributed by atoms with Gasteiger partial charge in [-0.1, -0.05) is 30.3 Å². The summed E-state index contributed by atoms with van der Waals surface area (Å²) >= 11 is 0. The predicted octanol–water partition coefficient (Wildman–Crippen LogP) is 5.26. The number of rotatable bonds is 9. The summed E-state index contributed by atoms with van der Waals surface area (Å²) in [7, 11) is 1.35. The fourth-order valence-corrected chi connectivity index (χ4v) is 5.79. The van der Waals surface area contributed by atoms with Crippen molar-refractivity contribution < 1.29 is 23.8 Å². The Morgan fingerprint density at radius 1 is 0.900 bits per heavy atom. The molecular formula is C32H45N3O5. The Bertz CT molecular complexity index is 1070. The van der Waals surface area contributed by atoms with Gasteiger partial charge < -0.3 is 29.3 Å². The van der Waals surface area contributed by atoms with Crippen molar-refractivity contribution in [3.8, 4) is 5.75 Å². The van der Waals surface area contributed by atoms with E-state index in [2.05, 4.69) is 57.4 Å². The predicted molar refractivity (Wildman–Crippen MR) is 156 cm³/mol. The van der Waals surface area contributed by atoms with Gasteiger partial charge in [-0.2, -0.15) is 0 Å². The minimum absolute atomic E-state index is 0.0880. The highest BCUT2D eigenvalue weighted by Crippen LogP contribution is 2.33. The van der Waals surface area contributed by atoms with E-state index in [1.54, 1.807) is 0 Å². The molecule has 1 atom stereocenters. The van der Waals surface area contributed by atoms with E-state index in [0.717, 1.165) is 58.4 Å². The molecule has 4 rings (SSSR count). The summed E-state index contributed by atoms with van der Waals surface area (Å²) in [6, 6.07) is 18.9. The first-order valence-corrected chi connectivity index (χ1v) is 14.5. The minimum Gasteiger partial charge on any atom is -0.482 e. The summed E-state index contributed by atoms with van der Waals surface area (Å²) in [5.74, 6) is 1.36. The Labute approximate surface area is 239 Å². The third-order valence-electron chi connectivity index (χ3n) is 7.92. The molecule has 218 valence electrons. The van der Waals surface area contributed by atoms with Gasteiger partial charge in [-0.05, 0) is 88.1 Å². The van der Waals surface area contributed by atoms with Crippen LogP contribution in [0.4, 0.5) is 10.5 Å². The number of nitrogens with one attached hydrogen (secondary N) is 1. The lowest BCUT2D eigenvalue weighted by Crippen LogP contribution is -2.51. The molecule has 0 bridgehead atoms. The Hall–Kier alpha value is -3.26. The number of likely N-dealkylation sites (tertiary alicyclic amines) is 1. The van der Waals surface area contributed by atoms with Crippen LogP contribution in [0.15, 0.2) is 54.6 Å². The molecule has 0 saturated carbocycles. The number of ether oxygens (including phenoxy) is 3. The first-order valence-electron chi connectivity index (χ1n) is 14.5. The summed E-state index contributed by atoms with van der Waals surface area (Å²) in [6.45, 7) is 9.99. The number of hydrogen-bond donors (Lipinski definition) is 1. The molecule has 1 N–H and O–H groups in total. The normalized spacial score (nSPS) is 17.8. The van der Waals surface area contributed by atoms with Gasteiger partial charge in [-0.3, -0.25) is 0 Å². The number of esters is 1. The fourth-order valence-electron chi connectivity index (χ4n) is 5.79. The van der Waals surface area contributed by atoms with E-state index < -0.39 is 11.6 Å². The molecular weight excluding hydrogens is 506 g/mol. The molecule has 2 saturated heterocycles. The van der Waals surface area contributed by atoms with Gasteiger partial charge in [0.25, 0.3) is 0 Å². The van der Waals surface area contributed by atoms with Gasteiger partial charge >= 0.3 is 12.1 Å². The van der Waals surface area contributed by atoms with Crippen LogP contribution in [0.25, 0.3) is 0 Å². The summed E-state index contributed by atoms with van der Waals surface area (Å²) in [5, 5.41) is 3.94. The zero-order valence-electron chi connectivity index (χ0n) is 24.4. The van der Waals surface area contributed by atoms with Crippen molar-refractivity contribution >= 4 is 17.7 Å². The summed E-state index contributed by atoms with van der Waals surface area (Å²) < 4.78 is 15.8. The van der Waals surface area contributed by atoms with Crippen LogP contribution in [0.3, 0.4) is 0 Å². The van der Waals surface area contributed by atoms with Crippen molar-refractivity contribution in [2.24, 2.45) is 11.8 Å². The summed E-state index contributed by atoms with van der Waals surface area (Å²) in [5.41, 5.74) is 1.99. The molecule has 2 aromatic carbocycles. The zero-order valence-corrected chi connectivity index (χ0v) is 24.4. The van der Waals surface area contributed by atoms with Crippen molar-refractivity contribution in [3.05, 3.63) is 60.2 Å². The molecule has 1 unspecified atom stereocenters. The van der Waals surface area contributed by atoms with Crippen molar-refractivity contribution in [1.82, 2.24) is 10.2 Å². The molecule has 8 nitrogen and oxygen atoms in total. The fraction of sp³-hybridized carbons (Fsp3) is 0.562. The molecule has 2 aliphatic rings. The molecule has 2 fully saturated rings. The monoisotopic (exact) mass is 551 g/mol. The molecule has 1 amide bonds. The van der Waals surface area contributed by atoms with Crippen molar-refractivity contribution in [3.63, 3.8) is 0 Å². The first-order chi connectivity index (χ1) is 19.2. The smallest absolute Gasteiger partial charge is 0.410 e. The van der Waals surface area contributed by atoms with E-state index in [-0.39, 0.29) is 12.7 Å². The maximum absolute atomic E-state index is 12.6. The molecule has 2 heterocycles. The van der Waals surface area contributed by atoms with Crippen LogP contribution >= 0.6 is 0 Å². The maximum atomic E-state index is 12.6. The highest BCUT2D eigenvalue weighted by atomic mass is 16.6. The van der Waals surface area contributed by atoms with Crippen molar-refractivity contribution in [2.45, 2.75) is 64.6 Å². The quantitative estimate of drug-likeness (QED) is 0.426. The number of piperidine rings is 2. The van der Waals surface area contributed by atoms with Crippen LogP contribution in [0.1, 0.15) is 52.0 Å². The van der Waals surface area contributed by atoms with E-state index in [0.29, 0.717) is 23.6 Å². The Morgan fingerprint density at radius 3 is 2.08 bits per heavy atom. The maximum Gasteiger partial charge on any atom is 0.410 e. The number of carbonyl (C=O) groups excluding carboxylic acids is 2. The lowest BCUT2D eigenvalue weighted by atomic mass is 9.78. The molecule has 40 heavy (non-hydrogen) atoms. The zero-order chi connectivity index (χ0) is 28.5. The van der Waals surface area contributed by atoms with Gasteiger partial charge in [0.15, 0.2) is 6.61 Å². The van der Waals surface area contributed by atoms with Crippen LogP contribution < -0.4 is 15.0 Å². The van der Waals surface area contributed by atoms with Gasteiger partial charge in [0.2, 0.25) is 0 Å². The van der Waals surface area contributed by atoms with E-state index >= 15 is 0 Å². The standard InChI is InChI=1S/C32H45N3O5/c1-32(2,3)40-31(37)35-20-16-26(17-21-35)30(33-22-24-8-6-5-7-9-24)25-14-18-34(19-15-25)27-10-12-28(13-11-27)39-23-29(36)38-4/h5-13,25-26,30,33H,14-23H2,1-4H3. The van der Waals surface area contributed by atoms with Crippen molar-refractivity contribution in [1.29, 1.82) is 0 Å². The molecule has 2 aliphatic heterocycles. The number of benzene rings is 2. The number of carbonyl (C=O) groups is 2. The van der Waals surface area contributed by atoms with Crippen LogP contribution in [0, 0.1) is 11.8 Å². The average Bonchev–Trinajstić information content (AvgIpc) is 2.96. The van der Waals surface area contributed by atoms with Crippen LogP contribution in [0.2, 0.25) is 0 Å². The van der Waals surface area contributed by atoms with Gasteiger partial charge in [0.05, 0.1) is 7.11 Å². The highest BCUT2D eigenvalue weighted by Gasteiger charge is 2.35. The third-order valence-corrected chi connectivity index (χ3v) is 7.92. The highest BCUT2D eigenvalue weighted by molar-refractivity contribution is 5.71. The number of methoxy groups -OCH3 is 1. The van der Waals surface area contributed by atoms with Gasteiger partial charge in [-0.25, -0.2) is 9.59 Å². The van der Waals surface area contributed by atoms with E-state index in [1.807, 2.05) is 37.8 Å². The summed E-state index contributed by atoms with van der Waals surface area (Å²) in [6.07, 6.45) is 3.99. The van der Waals surface area contributed by atoms with Crippen LogP contribution in [-0.4, -0.2) is 68.5 Å². The van der Waals surface area contributed by atoms with E-state index in [1.165, 1.54) is 18.4 Å². The van der Waals surface area contributed by atoms with Gasteiger partial charge in [0.1, 0.15) is 11.4 Å². The molecule has 8 heteroatoms.